The zero-order chi connectivity index (χ0) is 18.0. The highest BCUT2D eigenvalue weighted by Gasteiger charge is 2.48. The molecule has 1 aromatic heterocycles. The Kier molecular flexibility index (Phi) is 7.08. The van der Waals surface area contributed by atoms with Crippen LogP contribution in [-0.4, -0.2) is 14.4 Å². The Hall–Kier alpha value is 0.637. The lowest BCUT2D eigenvalue weighted by molar-refractivity contribution is -0.0234. The molecule has 0 bridgehead atoms. The maximum Gasteiger partial charge on any atom is 0.192 e. The van der Waals surface area contributed by atoms with Gasteiger partial charge in [-0.3, -0.25) is 0 Å². The predicted octanol–water partition coefficient (Wildman–Crippen LogP) is 7.84. The van der Waals surface area contributed by atoms with E-state index in [-0.39, 0.29) is 5.04 Å². The standard InChI is InChI=1S/C19H30ClIOSSi/c1-18(2,3)24(4,5)22-16(8-6-13-21)19(11-7-12-19)14-15-9-10-17(20)23-15/h6,9-10,13,16H,7-8,11-12,14H2,1-5H3. The van der Waals surface area contributed by atoms with Crippen LogP contribution in [0.4, 0.5) is 0 Å². The van der Waals surface area contributed by atoms with E-state index in [4.69, 9.17) is 16.0 Å². The minimum Gasteiger partial charge on any atom is -0.413 e. The molecule has 0 amide bonds. The third-order valence-corrected chi connectivity index (χ3v) is 12.1. The molecule has 0 N–H and O–H groups in total. The number of hydrogen-bond donors (Lipinski definition) is 0. The fraction of sp³-hybridized carbons (Fsp3) is 0.684. The highest BCUT2D eigenvalue weighted by molar-refractivity contribution is 14.1. The molecule has 0 aromatic carbocycles. The summed E-state index contributed by atoms with van der Waals surface area (Å²) in [6, 6.07) is 4.23. The number of thiophene rings is 1. The van der Waals surface area contributed by atoms with E-state index in [0.717, 1.165) is 17.2 Å². The Bertz CT molecular complexity index is 572. The van der Waals surface area contributed by atoms with Gasteiger partial charge in [-0.15, -0.1) is 11.3 Å². The Morgan fingerprint density at radius 1 is 1.38 bits per heavy atom. The van der Waals surface area contributed by atoms with Crippen molar-refractivity contribution in [2.45, 2.75) is 77.1 Å². The van der Waals surface area contributed by atoms with Crippen molar-refractivity contribution in [3.05, 3.63) is 31.5 Å². The van der Waals surface area contributed by atoms with Gasteiger partial charge in [0.15, 0.2) is 8.32 Å². The summed E-state index contributed by atoms with van der Waals surface area (Å²) in [6.45, 7) is 11.7. The lowest BCUT2D eigenvalue weighted by atomic mass is 9.62. The van der Waals surface area contributed by atoms with E-state index in [1.54, 1.807) is 11.3 Å². The van der Waals surface area contributed by atoms with Gasteiger partial charge in [0.05, 0.1) is 10.4 Å². The third-order valence-electron chi connectivity index (χ3n) is 5.87. The molecule has 0 saturated heterocycles. The van der Waals surface area contributed by atoms with E-state index in [2.05, 4.69) is 72.7 Å². The first-order valence-electron chi connectivity index (χ1n) is 8.77. The summed E-state index contributed by atoms with van der Waals surface area (Å²) in [6.07, 6.45) is 8.60. The predicted molar refractivity (Wildman–Crippen MR) is 119 cm³/mol. The van der Waals surface area contributed by atoms with Gasteiger partial charge in [0.25, 0.3) is 0 Å². The van der Waals surface area contributed by atoms with Gasteiger partial charge in [0, 0.05) is 10.3 Å². The molecule has 2 rings (SSSR count). The van der Waals surface area contributed by atoms with E-state index < -0.39 is 8.32 Å². The minimum absolute atomic E-state index is 0.246. The van der Waals surface area contributed by atoms with Crippen LogP contribution in [0.2, 0.25) is 22.5 Å². The highest BCUT2D eigenvalue weighted by atomic mass is 127. The molecule has 1 aromatic rings. The average molecular weight is 497 g/mol. The third kappa shape index (κ3) is 4.87. The molecule has 0 radical (unpaired) electrons. The first kappa shape index (κ1) is 20.9. The normalized spacial score (nSPS) is 19.5. The molecule has 1 fully saturated rings. The molecule has 1 atom stereocenters. The van der Waals surface area contributed by atoms with Crippen molar-refractivity contribution in [2.24, 2.45) is 5.41 Å². The summed E-state index contributed by atoms with van der Waals surface area (Å²) in [5.41, 5.74) is 0.292. The van der Waals surface area contributed by atoms with Crippen LogP contribution in [0.25, 0.3) is 0 Å². The van der Waals surface area contributed by atoms with Gasteiger partial charge in [0.2, 0.25) is 0 Å². The molecule has 1 unspecified atom stereocenters. The summed E-state index contributed by atoms with van der Waals surface area (Å²) in [5, 5.41) is 0.246. The molecule has 1 heterocycles. The molecular formula is C19H30ClIOSSi. The van der Waals surface area contributed by atoms with E-state index in [9.17, 15) is 0 Å². The number of rotatable bonds is 7. The Labute approximate surface area is 171 Å². The van der Waals surface area contributed by atoms with E-state index in [0.29, 0.717) is 11.5 Å². The second-order valence-electron chi connectivity index (χ2n) is 8.56. The zero-order valence-electron chi connectivity index (χ0n) is 15.5. The van der Waals surface area contributed by atoms with Crippen molar-refractivity contribution < 1.29 is 4.43 Å². The SMILES string of the molecule is CC(C)(C)[Si](C)(C)OC(CC=CI)C1(Cc2ccc(Cl)s2)CCC1. The Balaban J connectivity index is 2.23. The smallest absolute Gasteiger partial charge is 0.192 e. The largest absolute Gasteiger partial charge is 0.413 e. The van der Waals surface area contributed by atoms with Crippen molar-refractivity contribution in [3.8, 4) is 0 Å². The first-order valence-corrected chi connectivity index (χ1v) is 14.1. The maximum absolute atomic E-state index is 6.95. The maximum atomic E-state index is 6.95. The molecule has 0 spiro atoms. The van der Waals surface area contributed by atoms with Crippen LogP contribution in [0.5, 0.6) is 0 Å². The van der Waals surface area contributed by atoms with Crippen molar-refractivity contribution >= 4 is 53.8 Å². The lowest BCUT2D eigenvalue weighted by Crippen LogP contribution is -2.52. The Morgan fingerprint density at radius 3 is 2.46 bits per heavy atom. The van der Waals surface area contributed by atoms with Gasteiger partial charge in [-0.2, -0.15) is 0 Å². The van der Waals surface area contributed by atoms with Gasteiger partial charge in [0.1, 0.15) is 0 Å². The molecule has 24 heavy (non-hydrogen) atoms. The Morgan fingerprint density at radius 2 is 2.04 bits per heavy atom. The summed E-state index contributed by atoms with van der Waals surface area (Å²) in [4.78, 5) is 1.40. The molecule has 1 aliphatic carbocycles. The topological polar surface area (TPSA) is 9.23 Å². The van der Waals surface area contributed by atoms with Crippen molar-refractivity contribution in [1.29, 1.82) is 0 Å². The van der Waals surface area contributed by atoms with Crippen molar-refractivity contribution in [3.63, 3.8) is 0 Å². The van der Waals surface area contributed by atoms with Crippen molar-refractivity contribution in [1.82, 2.24) is 0 Å². The first-order chi connectivity index (χ1) is 11.1. The fourth-order valence-corrected chi connectivity index (χ4v) is 6.12. The molecule has 1 nitrogen and oxygen atoms in total. The van der Waals surface area contributed by atoms with Crippen molar-refractivity contribution in [2.75, 3.05) is 0 Å². The second-order valence-corrected chi connectivity index (χ2v) is 15.8. The van der Waals surface area contributed by atoms with Gasteiger partial charge in [-0.1, -0.05) is 67.5 Å². The van der Waals surface area contributed by atoms with Crippen LogP contribution < -0.4 is 0 Å². The van der Waals surface area contributed by atoms with Gasteiger partial charge in [-0.05, 0) is 60.0 Å². The number of halogens is 2. The fourth-order valence-electron chi connectivity index (χ4n) is 3.17. The van der Waals surface area contributed by atoms with Gasteiger partial charge >= 0.3 is 0 Å². The highest BCUT2D eigenvalue weighted by Crippen LogP contribution is 2.52. The minimum atomic E-state index is -1.78. The molecule has 1 saturated carbocycles. The van der Waals surface area contributed by atoms with Gasteiger partial charge in [-0.25, -0.2) is 0 Å². The summed E-state index contributed by atoms with van der Waals surface area (Å²) < 4.78 is 9.98. The molecule has 0 aliphatic heterocycles. The van der Waals surface area contributed by atoms with Gasteiger partial charge < -0.3 is 4.43 Å². The van der Waals surface area contributed by atoms with E-state index in [1.165, 1.54) is 24.1 Å². The van der Waals surface area contributed by atoms with Crippen LogP contribution >= 0.6 is 45.5 Å². The molecular weight excluding hydrogens is 467 g/mol. The second kappa shape index (κ2) is 8.11. The zero-order valence-corrected chi connectivity index (χ0v) is 20.2. The van der Waals surface area contributed by atoms with Crippen LogP contribution in [-0.2, 0) is 10.8 Å². The average Bonchev–Trinajstić information content (AvgIpc) is 2.83. The van der Waals surface area contributed by atoms with Crippen LogP contribution in [0.3, 0.4) is 0 Å². The lowest BCUT2D eigenvalue weighted by Gasteiger charge is -2.51. The van der Waals surface area contributed by atoms with E-state index >= 15 is 0 Å². The molecule has 136 valence electrons. The molecule has 1 aliphatic rings. The molecule has 5 heteroatoms. The summed E-state index contributed by atoms with van der Waals surface area (Å²) in [5.74, 6) is 0. The van der Waals surface area contributed by atoms with E-state index in [1.807, 2.05) is 6.07 Å². The number of hydrogen-bond acceptors (Lipinski definition) is 2. The van der Waals surface area contributed by atoms with Crippen LogP contribution in [0.15, 0.2) is 22.3 Å². The van der Waals surface area contributed by atoms with Crippen LogP contribution in [0.1, 0.15) is 51.3 Å². The summed E-state index contributed by atoms with van der Waals surface area (Å²) in [7, 11) is -1.78. The van der Waals surface area contributed by atoms with Crippen LogP contribution in [0, 0.1) is 5.41 Å². The monoisotopic (exact) mass is 496 g/mol. The quantitative estimate of drug-likeness (QED) is 0.276. The summed E-state index contributed by atoms with van der Waals surface area (Å²) >= 11 is 10.2.